The van der Waals surface area contributed by atoms with Crippen molar-refractivity contribution in [3.63, 3.8) is 0 Å². The Morgan fingerprint density at radius 1 is 0.882 bits per heavy atom. The molecule has 2 aliphatic rings. The number of hydrogen-bond acceptors (Lipinski definition) is 1. The van der Waals surface area contributed by atoms with Crippen LogP contribution < -0.4 is 0 Å². The van der Waals surface area contributed by atoms with Gasteiger partial charge in [0.2, 0.25) is 0 Å². The number of rotatable bonds is 4. The molecular weight excluding hydrogens is 339 g/mol. The molecule has 2 saturated carbocycles. The smallest absolute Gasteiger partial charge is 0.146 e. The van der Waals surface area contributed by atoms with Crippen LogP contribution in [0.2, 0.25) is 0 Å². The minimum Gasteiger partial charge on any atom is -0.421 e. The molecule has 0 bridgehead atoms. The summed E-state index contributed by atoms with van der Waals surface area (Å²) in [6.45, 7) is 0. The van der Waals surface area contributed by atoms with Crippen LogP contribution >= 0.6 is 22.6 Å². The Balaban J connectivity index is 2.10. The topological polar surface area (TPSA) is 9.23 Å². The third kappa shape index (κ3) is 3.08. The summed E-state index contributed by atoms with van der Waals surface area (Å²) >= 11 is 2.60. The van der Waals surface area contributed by atoms with E-state index in [0.717, 1.165) is 22.3 Å². The molecule has 1 nitrogen and oxygen atoms in total. The zero-order chi connectivity index (χ0) is 12.1. The first-order valence-corrected chi connectivity index (χ1v) is 9.79. The molecule has 100 valence electrons. The molecule has 0 radical (unpaired) electrons. The van der Waals surface area contributed by atoms with Crippen LogP contribution in [0.1, 0.15) is 64.2 Å². The lowest BCUT2D eigenvalue weighted by atomic mass is 9.67. The van der Waals surface area contributed by atoms with Crippen molar-refractivity contribution in [1.82, 2.24) is 0 Å². The molecule has 0 heterocycles. The fourth-order valence-corrected chi connectivity index (χ4v) is 7.08. The molecule has 3 heteroatoms. The van der Waals surface area contributed by atoms with Crippen LogP contribution in [0.4, 0.5) is 0 Å². The van der Waals surface area contributed by atoms with Crippen LogP contribution in [0.25, 0.3) is 0 Å². The van der Waals surface area contributed by atoms with Crippen LogP contribution in [0.15, 0.2) is 0 Å². The van der Waals surface area contributed by atoms with E-state index in [1.54, 1.807) is 0 Å². The lowest BCUT2D eigenvalue weighted by molar-refractivity contribution is -0.0429. The SMILES string of the molecule is [SiH3]OC(CI)(C1CCCCC1)C1CCCCC1. The Kier molecular flexibility index (Phi) is 5.81. The van der Waals surface area contributed by atoms with E-state index >= 15 is 0 Å². The van der Waals surface area contributed by atoms with Crippen LogP contribution in [0.5, 0.6) is 0 Å². The normalized spacial score (nSPS) is 25.2. The predicted octanol–water partition coefficient (Wildman–Crippen LogP) is 3.62. The Bertz CT molecular complexity index is 198. The van der Waals surface area contributed by atoms with E-state index in [9.17, 15) is 0 Å². The quantitative estimate of drug-likeness (QED) is 0.420. The van der Waals surface area contributed by atoms with Crippen LogP contribution in [0, 0.1) is 11.8 Å². The average Bonchev–Trinajstić information content (AvgIpc) is 2.43. The Hall–Kier alpha value is 0.907. The van der Waals surface area contributed by atoms with Crippen molar-refractivity contribution in [2.24, 2.45) is 11.8 Å². The summed E-state index contributed by atoms with van der Waals surface area (Å²) in [5.41, 5.74) is 0.271. The largest absolute Gasteiger partial charge is 0.421 e. The molecule has 0 aromatic carbocycles. The summed E-state index contributed by atoms with van der Waals surface area (Å²) < 4.78 is 7.52. The molecule has 0 saturated heterocycles. The zero-order valence-corrected chi connectivity index (χ0v) is 15.4. The highest BCUT2D eigenvalue weighted by Crippen LogP contribution is 2.45. The van der Waals surface area contributed by atoms with E-state index in [-0.39, 0.29) is 5.60 Å². The van der Waals surface area contributed by atoms with Gasteiger partial charge < -0.3 is 4.43 Å². The highest BCUT2D eigenvalue weighted by molar-refractivity contribution is 14.1. The van der Waals surface area contributed by atoms with E-state index < -0.39 is 0 Å². The second kappa shape index (κ2) is 6.90. The summed E-state index contributed by atoms with van der Waals surface area (Å²) in [7, 11) is 0.918. The molecule has 0 aliphatic heterocycles. The predicted molar refractivity (Wildman–Crippen MR) is 85.8 cm³/mol. The lowest BCUT2D eigenvalue weighted by Gasteiger charge is -2.48. The van der Waals surface area contributed by atoms with Crippen LogP contribution in [0.3, 0.4) is 0 Å². The van der Waals surface area contributed by atoms with Crippen molar-refractivity contribution in [3.05, 3.63) is 0 Å². The second-order valence-electron chi connectivity index (χ2n) is 5.96. The molecule has 0 aromatic heterocycles. The molecule has 2 fully saturated rings. The van der Waals surface area contributed by atoms with Gasteiger partial charge in [0.1, 0.15) is 10.5 Å². The van der Waals surface area contributed by atoms with Crippen LogP contribution in [-0.4, -0.2) is 20.5 Å². The molecule has 0 N–H and O–H groups in total. The molecule has 0 amide bonds. The molecule has 2 rings (SSSR count). The van der Waals surface area contributed by atoms with Crippen LogP contribution in [-0.2, 0) is 4.43 Å². The van der Waals surface area contributed by atoms with Gasteiger partial charge in [0.15, 0.2) is 0 Å². The standard InChI is InChI=1S/C14H27IOSi/c15-11-14(16-17,12-7-3-1-4-8-12)13-9-5-2-6-10-13/h12-13H,1-11H2,17H3. The zero-order valence-electron chi connectivity index (χ0n) is 11.2. The fraction of sp³-hybridized carbons (Fsp3) is 1.00. The molecule has 0 aromatic rings. The molecule has 17 heavy (non-hydrogen) atoms. The highest BCUT2D eigenvalue weighted by atomic mass is 127. The summed E-state index contributed by atoms with van der Waals surface area (Å²) in [6.07, 6.45) is 14.4. The van der Waals surface area contributed by atoms with Gasteiger partial charge in [0.25, 0.3) is 0 Å². The third-order valence-electron chi connectivity index (χ3n) is 5.18. The Morgan fingerprint density at radius 3 is 1.59 bits per heavy atom. The molecule has 0 atom stereocenters. The Morgan fingerprint density at radius 2 is 1.29 bits per heavy atom. The number of hydrogen-bond donors (Lipinski definition) is 0. The average molecular weight is 366 g/mol. The second-order valence-corrected chi connectivity index (χ2v) is 7.13. The molecular formula is C14H27IOSi. The first-order valence-electron chi connectivity index (χ1n) is 7.44. The van der Waals surface area contributed by atoms with Crippen molar-refractivity contribution in [1.29, 1.82) is 0 Å². The van der Waals surface area contributed by atoms with E-state index in [0.29, 0.717) is 0 Å². The van der Waals surface area contributed by atoms with E-state index in [4.69, 9.17) is 4.43 Å². The van der Waals surface area contributed by atoms with Crippen molar-refractivity contribution >= 4 is 33.1 Å². The van der Waals surface area contributed by atoms with Gasteiger partial charge in [-0.25, -0.2) is 0 Å². The van der Waals surface area contributed by atoms with Gasteiger partial charge in [0.05, 0.1) is 5.60 Å². The van der Waals surface area contributed by atoms with E-state index in [1.165, 1.54) is 68.6 Å². The first kappa shape index (κ1) is 14.3. The summed E-state index contributed by atoms with van der Waals surface area (Å²) in [6, 6.07) is 0. The maximum atomic E-state index is 6.30. The minimum atomic E-state index is 0.271. The molecule has 0 spiro atoms. The van der Waals surface area contributed by atoms with Gasteiger partial charge in [0, 0.05) is 4.43 Å². The van der Waals surface area contributed by atoms with Gasteiger partial charge in [-0.3, -0.25) is 0 Å². The van der Waals surface area contributed by atoms with Gasteiger partial charge in [-0.15, -0.1) is 0 Å². The van der Waals surface area contributed by atoms with Gasteiger partial charge in [-0.05, 0) is 37.5 Å². The van der Waals surface area contributed by atoms with Gasteiger partial charge in [-0.1, -0.05) is 61.1 Å². The number of alkyl halides is 1. The summed E-state index contributed by atoms with van der Waals surface area (Å²) in [4.78, 5) is 0. The van der Waals surface area contributed by atoms with Crippen molar-refractivity contribution in [2.75, 3.05) is 4.43 Å². The fourth-order valence-electron chi connectivity index (χ4n) is 4.12. The summed E-state index contributed by atoms with van der Waals surface area (Å²) in [5, 5.41) is 0. The van der Waals surface area contributed by atoms with Gasteiger partial charge in [-0.2, -0.15) is 0 Å². The van der Waals surface area contributed by atoms with Gasteiger partial charge >= 0.3 is 0 Å². The minimum absolute atomic E-state index is 0.271. The van der Waals surface area contributed by atoms with E-state index in [2.05, 4.69) is 22.6 Å². The first-order chi connectivity index (χ1) is 8.33. The third-order valence-corrected chi connectivity index (χ3v) is 7.13. The van der Waals surface area contributed by atoms with Crippen molar-refractivity contribution in [3.8, 4) is 0 Å². The lowest BCUT2D eigenvalue weighted by Crippen LogP contribution is -2.50. The monoisotopic (exact) mass is 366 g/mol. The molecule has 2 aliphatic carbocycles. The molecule has 0 unspecified atom stereocenters. The highest BCUT2D eigenvalue weighted by Gasteiger charge is 2.44. The maximum Gasteiger partial charge on any atom is 0.146 e. The van der Waals surface area contributed by atoms with Crippen molar-refractivity contribution in [2.45, 2.75) is 69.8 Å². The number of halogens is 1. The summed E-state index contributed by atoms with van der Waals surface area (Å²) in [5.74, 6) is 1.74. The Labute approximate surface area is 123 Å². The maximum absolute atomic E-state index is 6.30. The van der Waals surface area contributed by atoms with E-state index in [1.807, 2.05) is 0 Å². The van der Waals surface area contributed by atoms with Crippen molar-refractivity contribution < 1.29 is 4.43 Å².